The second-order valence-corrected chi connectivity index (χ2v) is 17.7. The molecule has 0 spiro atoms. The molecule has 5 fully saturated rings. The first-order chi connectivity index (χ1) is 27.3. The molecule has 2 atom stereocenters. The van der Waals surface area contributed by atoms with Crippen LogP contribution in [0.5, 0.6) is 0 Å². The molecule has 1 saturated heterocycles. The maximum absolute atomic E-state index is 13.3. The molecule has 4 saturated carbocycles. The van der Waals surface area contributed by atoms with E-state index in [1.54, 1.807) is 0 Å². The van der Waals surface area contributed by atoms with Crippen LogP contribution in [0.2, 0.25) is 0 Å². The van der Waals surface area contributed by atoms with Crippen molar-refractivity contribution < 1.29 is 47.6 Å². The monoisotopic (exact) mass is 785 g/mol. The Kier molecular flexibility index (Phi) is 19.2. The van der Waals surface area contributed by atoms with E-state index in [4.69, 9.17) is 28.4 Å². The Labute approximate surface area is 336 Å². The lowest BCUT2D eigenvalue weighted by atomic mass is 9.75. The van der Waals surface area contributed by atoms with E-state index in [9.17, 15) is 19.2 Å². The minimum Gasteiger partial charge on any atom is -0.463 e. The molecule has 0 aromatic carbocycles. The van der Waals surface area contributed by atoms with E-state index >= 15 is 0 Å². The van der Waals surface area contributed by atoms with Crippen LogP contribution in [-0.2, 0) is 47.6 Å². The summed E-state index contributed by atoms with van der Waals surface area (Å²) in [5.74, 6) is 2.91. The largest absolute Gasteiger partial charge is 0.463 e. The first kappa shape index (κ1) is 44.4. The number of carbonyl (C=O) groups is 4. The molecule has 0 aromatic rings. The predicted molar refractivity (Wildman–Crippen MR) is 213 cm³/mol. The van der Waals surface area contributed by atoms with Crippen molar-refractivity contribution in [2.45, 2.75) is 167 Å². The standard InChI is InChI=1S/C46H72O10/c1-3-41(47)51-29-5-7-33-9-13-35(14-10-33)17-19-37-21-25-39(26-22-37)43(49)55-45-46(54-32-31-53-45)56-44(50)40-27-23-38(24-28-40)20-18-36-15-11-34(12-16-36)8-6-30-52-42(48)4-2/h3-4,33-40,45-46H,1-2,5-32H2/t33-,34-,35-,36-,37?,38?,39?,40?,45-,46-/m1/s1. The van der Waals surface area contributed by atoms with Crippen molar-refractivity contribution in [3.05, 3.63) is 25.3 Å². The number of hydrogen-bond donors (Lipinski definition) is 0. The van der Waals surface area contributed by atoms with Crippen LogP contribution in [0.25, 0.3) is 0 Å². The van der Waals surface area contributed by atoms with E-state index in [1.165, 1.54) is 89.2 Å². The molecular formula is C46H72O10. The summed E-state index contributed by atoms with van der Waals surface area (Å²) in [6, 6.07) is 0. The average Bonchev–Trinajstić information content (AvgIpc) is 3.24. The maximum Gasteiger partial charge on any atom is 0.330 e. The van der Waals surface area contributed by atoms with Crippen LogP contribution >= 0.6 is 0 Å². The Morgan fingerprint density at radius 1 is 0.446 bits per heavy atom. The quantitative estimate of drug-likeness (QED) is 0.0510. The Morgan fingerprint density at radius 2 is 0.732 bits per heavy atom. The van der Waals surface area contributed by atoms with E-state index in [1.807, 2.05) is 0 Å². The lowest BCUT2D eigenvalue weighted by Crippen LogP contribution is -2.46. The highest BCUT2D eigenvalue weighted by atomic mass is 16.8. The van der Waals surface area contributed by atoms with Gasteiger partial charge in [0.15, 0.2) is 0 Å². The van der Waals surface area contributed by atoms with E-state index in [-0.39, 0.29) is 35.7 Å². The molecule has 4 aliphatic carbocycles. The van der Waals surface area contributed by atoms with Crippen molar-refractivity contribution in [2.24, 2.45) is 47.3 Å². The van der Waals surface area contributed by atoms with Gasteiger partial charge < -0.3 is 28.4 Å². The summed E-state index contributed by atoms with van der Waals surface area (Å²) < 4.78 is 33.4. The van der Waals surface area contributed by atoms with E-state index in [0.717, 1.165) is 101 Å². The van der Waals surface area contributed by atoms with Crippen molar-refractivity contribution in [1.29, 1.82) is 0 Å². The third-order valence-corrected chi connectivity index (χ3v) is 13.9. The minimum absolute atomic E-state index is 0.153. The van der Waals surface area contributed by atoms with Gasteiger partial charge in [-0.1, -0.05) is 90.2 Å². The fourth-order valence-electron chi connectivity index (χ4n) is 10.2. The molecule has 5 aliphatic rings. The van der Waals surface area contributed by atoms with Crippen LogP contribution in [0.15, 0.2) is 25.3 Å². The minimum atomic E-state index is -1.02. The molecule has 0 amide bonds. The Bertz CT molecular complexity index is 1120. The topological polar surface area (TPSA) is 124 Å². The summed E-state index contributed by atoms with van der Waals surface area (Å²) in [6.45, 7) is 8.46. The fraction of sp³-hybridized carbons (Fsp3) is 0.826. The molecule has 0 N–H and O–H groups in total. The van der Waals surface area contributed by atoms with Crippen molar-refractivity contribution in [3.63, 3.8) is 0 Å². The molecule has 0 unspecified atom stereocenters. The normalized spacial score (nSPS) is 32.4. The molecule has 5 rings (SSSR count). The SMILES string of the molecule is C=CC(=O)OCCC[C@H]1CC[C@H](CCC2CCC(C(=O)O[C@H]3OCCO[C@@H]3OC(=O)C3CCC(CC[C@H]4CC[C@H](CCCOC(=O)C=C)CC4)CC3)CC2)CC1. The van der Waals surface area contributed by atoms with Crippen LogP contribution in [0.4, 0.5) is 0 Å². The zero-order valence-electron chi connectivity index (χ0n) is 34.2. The van der Waals surface area contributed by atoms with Gasteiger partial charge in [0, 0.05) is 12.2 Å². The van der Waals surface area contributed by atoms with Crippen molar-refractivity contribution in [3.8, 4) is 0 Å². The van der Waals surface area contributed by atoms with Crippen molar-refractivity contribution in [1.82, 2.24) is 0 Å². The highest BCUT2D eigenvalue weighted by Gasteiger charge is 2.39. The van der Waals surface area contributed by atoms with Crippen LogP contribution in [0.3, 0.4) is 0 Å². The van der Waals surface area contributed by atoms with Gasteiger partial charge >= 0.3 is 23.9 Å². The van der Waals surface area contributed by atoms with Crippen LogP contribution in [-0.4, -0.2) is 62.9 Å². The molecular weight excluding hydrogens is 712 g/mol. The Morgan fingerprint density at radius 3 is 1.04 bits per heavy atom. The zero-order chi connectivity index (χ0) is 39.5. The molecule has 316 valence electrons. The third-order valence-electron chi connectivity index (χ3n) is 13.9. The number of ether oxygens (including phenoxy) is 6. The predicted octanol–water partition coefficient (Wildman–Crippen LogP) is 9.58. The second kappa shape index (κ2) is 24.3. The maximum atomic E-state index is 13.3. The van der Waals surface area contributed by atoms with E-state index in [2.05, 4.69) is 13.2 Å². The molecule has 1 heterocycles. The smallest absolute Gasteiger partial charge is 0.330 e. The summed E-state index contributed by atoms with van der Waals surface area (Å²) in [5, 5.41) is 0. The summed E-state index contributed by atoms with van der Waals surface area (Å²) in [7, 11) is 0. The lowest BCUT2D eigenvalue weighted by molar-refractivity contribution is -0.305. The number of hydrogen-bond acceptors (Lipinski definition) is 10. The summed E-state index contributed by atoms with van der Waals surface area (Å²) in [4.78, 5) is 48.9. The highest BCUT2D eigenvalue weighted by Crippen LogP contribution is 2.40. The van der Waals surface area contributed by atoms with Gasteiger partial charge in [0.05, 0.1) is 38.3 Å². The molecule has 1 aliphatic heterocycles. The zero-order valence-corrected chi connectivity index (χ0v) is 34.2. The summed E-state index contributed by atoms with van der Waals surface area (Å²) >= 11 is 0. The number of rotatable bonds is 20. The van der Waals surface area contributed by atoms with Gasteiger partial charge in [0.25, 0.3) is 12.6 Å². The summed E-state index contributed by atoms with van der Waals surface area (Å²) in [5.41, 5.74) is 0. The fourth-order valence-corrected chi connectivity index (χ4v) is 10.2. The third kappa shape index (κ3) is 15.2. The molecule has 10 heteroatoms. The van der Waals surface area contributed by atoms with E-state index in [0.29, 0.717) is 38.3 Å². The van der Waals surface area contributed by atoms with E-state index < -0.39 is 12.6 Å². The highest BCUT2D eigenvalue weighted by molar-refractivity contribution is 5.81. The average molecular weight is 785 g/mol. The Balaban J connectivity index is 0.905. The van der Waals surface area contributed by atoms with Crippen LogP contribution < -0.4 is 0 Å². The van der Waals surface area contributed by atoms with Gasteiger partial charge in [-0.2, -0.15) is 0 Å². The van der Waals surface area contributed by atoms with Gasteiger partial charge in [-0.25, -0.2) is 9.59 Å². The van der Waals surface area contributed by atoms with Crippen LogP contribution in [0.1, 0.15) is 154 Å². The van der Waals surface area contributed by atoms with Crippen LogP contribution in [0, 0.1) is 47.3 Å². The number of carbonyl (C=O) groups excluding carboxylic acids is 4. The molecule has 0 aromatic heterocycles. The van der Waals surface area contributed by atoms with Crippen molar-refractivity contribution >= 4 is 23.9 Å². The summed E-state index contributed by atoms with van der Waals surface area (Å²) in [6.07, 6.45) is 27.3. The van der Waals surface area contributed by atoms with Crippen molar-refractivity contribution in [2.75, 3.05) is 26.4 Å². The van der Waals surface area contributed by atoms with Gasteiger partial charge in [0.1, 0.15) is 0 Å². The van der Waals surface area contributed by atoms with Gasteiger partial charge in [-0.15, -0.1) is 0 Å². The lowest BCUT2D eigenvalue weighted by Gasteiger charge is -2.35. The molecule has 0 radical (unpaired) electrons. The second-order valence-electron chi connectivity index (χ2n) is 17.7. The Hall–Kier alpha value is -2.72. The van der Waals surface area contributed by atoms with Gasteiger partial charge in [-0.3, -0.25) is 9.59 Å². The van der Waals surface area contributed by atoms with Gasteiger partial charge in [0.2, 0.25) is 0 Å². The first-order valence-corrected chi connectivity index (χ1v) is 22.5. The molecule has 0 bridgehead atoms. The van der Waals surface area contributed by atoms with Gasteiger partial charge in [-0.05, 0) is 113 Å². The first-order valence-electron chi connectivity index (χ1n) is 22.5. The molecule has 10 nitrogen and oxygen atoms in total. The number of esters is 4. The molecule has 56 heavy (non-hydrogen) atoms.